The summed E-state index contributed by atoms with van der Waals surface area (Å²) in [4.78, 5) is 0.355. The maximum Gasteiger partial charge on any atom is 0.241 e. The van der Waals surface area contributed by atoms with Gasteiger partial charge in [0.2, 0.25) is 10.0 Å². The van der Waals surface area contributed by atoms with Gasteiger partial charge in [-0.25, -0.2) is 13.1 Å². The molecule has 0 aliphatic rings. The lowest BCUT2D eigenvalue weighted by Crippen LogP contribution is -2.24. The average molecular weight is 324 g/mol. The Labute approximate surface area is 130 Å². The molecule has 21 heavy (non-hydrogen) atoms. The third-order valence-electron chi connectivity index (χ3n) is 3.17. The lowest BCUT2D eigenvalue weighted by molar-refractivity contribution is 0.580. The van der Waals surface area contributed by atoms with Crippen molar-refractivity contribution in [2.45, 2.75) is 31.8 Å². The van der Waals surface area contributed by atoms with E-state index in [2.05, 4.69) is 10.0 Å². The van der Waals surface area contributed by atoms with Crippen LogP contribution in [0.25, 0.3) is 0 Å². The monoisotopic (exact) mass is 324 g/mol. The van der Waals surface area contributed by atoms with Crippen molar-refractivity contribution in [3.8, 4) is 0 Å². The number of thiophene rings is 1. The van der Waals surface area contributed by atoms with Crippen LogP contribution in [0.3, 0.4) is 0 Å². The molecule has 0 fully saturated rings. The SMILES string of the molecule is CCNCc1ccc(C)c(S(=O)(=O)NCc2ccsc2)c1. The molecule has 2 rings (SSSR count). The summed E-state index contributed by atoms with van der Waals surface area (Å²) in [5.74, 6) is 0. The molecule has 4 nitrogen and oxygen atoms in total. The maximum absolute atomic E-state index is 12.4. The molecule has 6 heteroatoms. The summed E-state index contributed by atoms with van der Waals surface area (Å²) >= 11 is 1.56. The van der Waals surface area contributed by atoms with E-state index in [9.17, 15) is 8.42 Å². The van der Waals surface area contributed by atoms with Gasteiger partial charge in [0.1, 0.15) is 0 Å². The first-order valence-corrected chi connectivity index (χ1v) is 9.26. The van der Waals surface area contributed by atoms with Crippen LogP contribution in [0.4, 0.5) is 0 Å². The molecule has 0 saturated carbocycles. The quantitative estimate of drug-likeness (QED) is 0.823. The van der Waals surface area contributed by atoms with Crippen molar-refractivity contribution in [1.82, 2.24) is 10.0 Å². The molecule has 114 valence electrons. The molecule has 1 heterocycles. The number of hydrogen-bond acceptors (Lipinski definition) is 4. The standard InChI is InChI=1S/C15H20N2O2S2/c1-3-16-9-13-5-4-12(2)15(8-13)21(18,19)17-10-14-6-7-20-11-14/h4-8,11,16-17H,3,9-10H2,1-2H3. The van der Waals surface area contributed by atoms with Crippen LogP contribution in [0.5, 0.6) is 0 Å². The van der Waals surface area contributed by atoms with E-state index in [-0.39, 0.29) is 0 Å². The van der Waals surface area contributed by atoms with Crippen LogP contribution in [0.2, 0.25) is 0 Å². The normalized spacial score (nSPS) is 11.7. The van der Waals surface area contributed by atoms with Crippen LogP contribution in [-0.2, 0) is 23.1 Å². The zero-order valence-corrected chi connectivity index (χ0v) is 13.9. The fraction of sp³-hybridized carbons (Fsp3) is 0.333. The van der Waals surface area contributed by atoms with E-state index in [1.54, 1.807) is 17.4 Å². The third kappa shape index (κ3) is 4.38. The van der Waals surface area contributed by atoms with Crippen molar-refractivity contribution in [3.63, 3.8) is 0 Å². The van der Waals surface area contributed by atoms with Crippen LogP contribution >= 0.6 is 11.3 Å². The number of benzene rings is 1. The molecule has 0 spiro atoms. The zero-order valence-electron chi connectivity index (χ0n) is 12.2. The molecule has 0 radical (unpaired) electrons. The predicted molar refractivity (Wildman–Crippen MR) is 86.9 cm³/mol. The highest BCUT2D eigenvalue weighted by Crippen LogP contribution is 2.18. The largest absolute Gasteiger partial charge is 0.313 e. The smallest absolute Gasteiger partial charge is 0.241 e. The molecule has 0 amide bonds. The second-order valence-corrected chi connectivity index (χ2v) is 7.35. The van der Waals surface area contributed by atoms with E-state index in [0.717, 1.165) is 23.2 Å². The van der Waals surface area contributed by atoms with E-state index in [1.807, 2.05) is 42.8 Å². The molecule has 0 aliphatic heterocycles. The number of sulfonamides is 1. The van der Waals surface area contributed by atoms with E-state index in [1.165, 1.54) is 0 Å². The Morgan fingerprint density at radius 2 is 1.95 bits per heavy atom. The van der Waals surface area contributed by atoms with Gasteiger partial charge in [0.05, 0.1) is 4.90 Å². The van der Waals surface area contributed by atoms with E-state index >= 15 is 0 Å². The van der Waals surface area contributed by atoms with Gasteiger partial charge in [-0.3, -0.25) is 0 Å². The van der Waals surface area contributed by atoms with Crippen LogP contribution in [0.1, 0.15) is 23.6 Å². The van der Waals surface area contributed by atoms with Crippen molar-refractivity contribution in [2.75, 3.05) is 6.54 Å². The summed E-state index contributed by atoms with van der Waals surface area (Å²) in [6.45, 7) is 5.68. The van der Waals surface area contributed by atoms with Gasteiger partial charge in [0, 0.05) is 13.1 Å². The number of rotatable bonds is 7. The zero-order chi connectivity index (χ0) is 15.3. The van der Waals surface area contributed by atoms with Crippen molar-refractivity contribution < 1.29 is 8.42 Å². The number of nitrogens with one attached hydrogen (secondary N) is 2. The van der Waals surface area contributed by atoms with Gasteiger partial charge in [0.25, 0.3) is 0 Å². The molecule has 1 aromatic heterocycles. The first kappa shape index (κ1) is 16.2. The van der Waals surface area contributed by atoms with Gasteiger partial charge in [-0.2, -0.15) is 11.3 Å². The lowest BCUT2D eigenvalue weighted by atomic mass is 10.1. The Morgan fingerprint density at radius 3 is 2.62 bits per heavy atom. The van der Waals surface area contributed by atoms with Crippen molar-refractivity contribution >= 4 is 21.4 Å². The summed E-state index contributed by atoms with van der Waals surface area (Å²) in [6, 6.07) is 7.47. The Balaban J connectivity index is 2.17. The number of hydrogen-bond donors (Lipinski definition) is 2. The van der Waals surface area contributed by atoms with Crippen molar-refractivity contribution in [2.24, 2.45) is 0 Å². The Hall–Kier alpha value is -1.21. The molecule has 0 saturated heterocycles. The van der Waals surface area contributed by atoms with Crippen LogP contribution in [-0.4, -0.2) is 15.0 Å². The van der Waals surface area contributed by atoms with Crippen molar-refractivity contribution in [1.29, 1.82) is 0 Å². The topological polar surface area (TPSA) is 58.2 Å². The fourth-order valence-electron chi connectivity index (χ4n) is 1.96. The highest BCUT2D eigenvalue weighted by Gasteiger charge is 2.17. The Bertz CT molecular complexity index is 680. The van der Waals surface area contributed by atoms with Gasteiger partial charge < -0.3 is 5.32 Å². The minimum atomic E-state index is -3.49. The minimum Gasteiger partial charge on any atom is -0.313 e. The second-order valence-electron chi connectivity index (χ2n) is 4.84. The molecular weight excluding hydrogens is 304 g/mol. The van der Waals surface area contributed by atoms with Crippen molar-refractivity contribution in [3.05, 3.63) is 51.7 Å². The van der Waals surface area contributed by atoms with E-state index in [0.29, 0.717) is 18.0 Å². The summed E-state index contributed by atoms with van der Waals surface area (Å²) in [7, 11) is -3.49. The maximum atomic E-state index is 12.4. The first-order valence-electron chi connectivity index (χ1n) is 6.84. The van der Waals surface area contributed by atoms with Gasteiger partial charge in [-0.05, 0) is 53.1 Å². The summed E-state index contributed by atoms with van der Waals surface area (Å²) < 4.78 is 27.6. The summed E-state index contributed by atoms with van der Waals surface area (Å²) in [6.07, 6.45) is 0. The summed E-state index contributed by atoms with van der Waals surface area (Å²) in [5.41, 5.74) is 2.71. The van der Waals surface area contributed by atoms with Gasteiger partial charge in [0.15, 0.2) is 0 Å². The van der Waals surface area contributed by atoms with Gasteiger partial charge in [-0.1, -0.05) is 19.1 Å². The Morgan fingerprint density at radius 1 is 1.14 bits per heavy atom. The molecule has 0 unspecified atom stereocenters. The molecule has 2 N–H and O–H groups in total. The van der Waals surface area contributed by atoms with Gasteiger partial charge in [-0.15, -0.1) is 0 Å². The summed E-state index contributed by atoms with van der Waals surface area (Å²) in [5, 5.41) is 7.08. The molecule has 0 atom stereocenters. The highest BCUT2D eigenvalue weighted by molar-refractivity contribution is 7.89. The van der Waals surface area contributed by atoms with Gasteiger partial charge >= 0.3 is 0 Å². The minimum absolute atomic E-state index is 0.322. The Kier molecular flexibility index (Phi) is 5.52. The third-order valence-corrected chi connectivity index (χ3v) is 5.44. The highest BCUT2D eigenvalue weighted by atomic mass is 32.2. The first-order chi connectivity index (χ1) is 10.0. The lowest BCUT2D eigenvalue weighted by Gasteiger charge is -2.11. The van der Waals surface area contributed by atoms with Crippen LogP contribution in [0, 0.1) is 6.92 Å². The van der Waals surface area contributed by atoms with Crippen LogP contribution in [0.15, 0.2) is 39.9 Å². The van der Waals surface area contributed by atoms with E-state index in [4.69, 9.17) is 0 Å². The number of aryl methyl sites for hydroxylation is 1. The second kappa shape index (κ2) is 7.17. The van der Waals surface area contributed by atoms with E-state index < -0.39 is 10.0 Å². The molecule has 2 aromatic rings. The average Bonchev–Trinajstić information content (AvgIpc) is 2.97. The molecule has 0 bridgehead atoms. The molecular formula is C15H20N2O2S2. The van der Waals surface area contributed by atoms with Crippen LogP contribution < -0.4 is 10.0 Å². The molecule has 1 aromatic carbocycles. The fourth-order valence-corrected chi connectivity index (χ4v) is 3.94. The molecule has 0 aliphatic carbocycles. The predicted octanol–water partition coefficient (Wildman–Crippen LogP) is 2.64.